The first kappa shape index (κ1) is 45.1. The number of pyridine rings is 1. The van der Waals surface area contributed by atoms with Crippen LogP contribution in [0.5, 0.6) is 0 Å². The summed E-state index contributed by atoms with van der Waals surface area (Å²) >= 11 is 0. The van der Waals surface area contributed by atoms with Crippen molar-refractivity contribution in [3.63, 3.8) is 0 Å². The highest BCUT2D eigenvalue weighted by Crippen LogP contribution is 2.44. The number of aliphatic hydroxyl groups is 1. The van der Waals surface area contributed by atoms with Gasteiger partial charge in [-0.3, -0.25) is 14.6 Å². The summed E-state index contributed by atoms with van der Waals surface area (Å²) in [4.78, 5) is 30.7. The third-order valence-electron chi connectivity index (χ3n) is 11.3. The first-order valence-corrected chi connectivity index (χ1v) is 24.0. The number of nitrogens with zero attached hydrogens (tertiary/aromatic N) is 1. The Morgan fingerprint density at radius 3 is 1.90 bits per heavy atom. The van der Waals surface area contributed by atoms with Crippen molar-refractivity contribution in [2.45, 2.75) is 170 Å². The molecule has 9 heteroatoms. The standard InChI is InChI=1S/C40H71NO6Si2/c1-28(20-21-33(42)30(3)26-32-22-24-41-25-23-32)18-17-19-29(2)36(47-49(15,16)39(8,9)10)31(4)37(45)40(11,12)34(27-35(43)44)46-48(13,14)38(5,6)7/h20,22-26,29,31,33-34,36,42H,17-19,21,27H2,1-16H3,(H,43,44)/t29-,31+,33-,34-,36?/m0/s1. The quantitative estimate of drug-likeness (QED) is 0.108. The van der Waals surface area contributed by atoms with Crippen LogP contribution in [0.4, 0.5) is 0 Å². The molecule has 280 valence electrons. The van der Waals surface area contributed by atoms with E-state index in [1.807, 2.05) is 45.9 Å². The second-order valence-electron chi connectivity index (χ2n) is 18.0. The highest BCUT2D eigenvalue weighted by atomic mass is 28.4. The molecule has 0 saturated carbocycles. The lowest BCUT2D eigenvalue weighted by molar-refractivity contribution is -0.146. The Morgan fingerprint density at radius 1 is 0.898 bits per heavy atom. The molecule has 1 aromatic rings. The zero-order chi connectivity index (χ0) is 38.2. The first-order chi connectivity index (χ1) is 22.1. The minimum absolute atomic E-state index is 0.00623. The van der Waals surface area contributed by atoms with E-state index in [0.29, 0.717) is 6.42 Å². The number of aliphatic carboxylic acids is 1. The van der Waals surface area contributed by atoms with Gasteiger partial charge in [-0.25, -0.2) is 0 Å². The maximum Gasteiger partial charge on any atom is 0.305 e. The van der Waals surface area contributed by atoms with Gasteiger partial charge in [-0.05, 0) is 105 Å². The van der Waals surface area contributed by atoms with Crippen molar-refractivity contribution >= 4 is 34.5 Å². The Hall–Kier alpha value is -1.92. The number of carboxylic acids is 1. The third-order valence-corrected chi connectivity index (χ3v) is 20.3. The van der Waals surface area contributed by atoms with Gasteiger partial charge in [-0.15, -0.1) is 0 Å². The maximum absolute atomic E-state index is 14.5. The summed E-state index contributed by atoms with van der Waals surface area (Å²) in [7, 11) is -4.63. The highest BCUT2D eigenvalue weighted by molar-refractivity contribution is 6.74. The molecule has 0 aliphatic rings. The van der Waals surface area contributed by atoms with Crippen LogP contribution in [0.2, 0.25) is 36.3 Å². The number of hydrogen-bond donors (Lipinski definition) is 2. The number of ketones is 1. The van der Waals surface area contributed by atoms with Crippen molar-refractivity contribution < 1.29 is 28.7 Å². The summed E-state index contributed by atoms with van der Waals surface area (Å²) in [5.41, 5.74) is 2.14. The summed E-state index contributed by atoms with van der Waals surface area (Å²) in [5, 5.41) is 20.5. The number of aromatic nitrogens is 1. The average Bonchev–Trinajstić information content (AvgIpc) is 2.96. The highest BCUT2D eigenvalue weighted by Gasteiger charge is 2.49. The summed E-state index contributed by atoms with van der Waals surface area (Å²) in [5.74, 6) is -1.31. The number of carbonyl (C=O) groups excluding carboxylic acids is 1. The zero-order valence-electron chi connectivity index (χ0n) is 33.9. The minimum Gasteiger partial charge on any atom is -0.481 e. The Balaban J connectivity index is 3.20. The molecule has 1 rings (SSSR count). The van der Waals surface area contributed by atoms with Gasteiger partial charge in [0.15, 0.2) is 16.6 Å². The Kier molecular flexibility index (Phi) is 16.6. The van der Waals surface area contributed by atoms with Gasteiger partial charge in [-0.1, -0.05) is 87.0 Å². The van der Waals surface area contributed by atoms with Crippen molar-refractivity contribution in [1.29, 1.82) is 0 Å². The molecule has 0 aliphatic carbocycles. The predicted molar refractivity (Wildman–Crippen MR) is 210 cm³/mol. The van der Waals surface area contributed by atoms with E-state index in [1.165, 1.54) is 5.57 Å². The summed E-state index contributed by atoms with van der Waals surface area (Å²) in [6, 6.07) is 3.85. The van der Waals surface area contributed by atoms with E-state index < -0.39 is 46.1 Å². The molecule has 7 nitrogen and oxygen atoms in total. The van der Waals surface area contributed by atoms with E-state index in [1.54, 1.807) is 12.4 Å². The number of hydrogen-bond acceptors (Lipinski definition) is 6. The van der Waals surface area contributed by atoms with Crippen LogP contribution in [-0.4, -0.2) is 61.9 Å². The summed E-state index contributed by atoms with van der Waals surface area (Å²) in [6.07, 6.45) is 9.06. The normalized spacial score (nSPS) is 17.3. The van der Waals surface area contributed by atoms with E-state index in [2.05, 4.69) is 92.6 Å². The molecule has 1 aromatic heterocycles. The molecule has 2 N–H and O–H groups in total. The van der Waals surface area contributed by atoms with Crippen LogP contribution in [0.25, 0.3) is 6.08 Å². The van der Waals surface area contributed by atoms with Crippen molar-refractivity contribution in [2.75, 3.05) is 0 Å². The molecule has 5 atom stereocenters. The van der Waals surface area contributed by atoms with E-state index in [4.69, 9.17) is 8.85 Å². The Morgan fingerprint density at radius 2 is 1.41 bits per heavy atom. The second-order valence-corrected chi connectivity index (χ2v) is 27.5. The van der Waals surface area contributed by atoms with E-state index in [0.717, 1.165) is 30.4 Å². The second kappa shape index (κ2) is 18.0. The summed E-state index contributed by atoms with van der Waals surface area (Å²) in [6.45, 7) is 33.6. The molecular formula is C40H71NO6Si2. The third kappa shape index (κ3) is 13.6. The first-order valence-electron chi connectivity index (χ1n) is 18.2. The monoisotopic (exact) mass is 717 g/mol. The molecule has 0 aromatic carbocycles. The number of rotatable bonds is 19. The maximum atomic E-state index is 14.5. The number of carbonyl (C=O) groups is 2. The molecule has 0 radical (unpaired) electrons. The van der Waals surface area contributed by atoms with Crippen LogP contribution in [-0.2, 0) is 18.4 Å². The van der Waals surface area contributed by atoms with Crippen LogP contribution in [0.15, 0.2) is 41.7 Å². The lowest BCUT2D eigenvalue weighted by atomic mass is 9.73. The number of Topliss-reactive ketones (excluding diaryl/α,β-unsaturated/α-hetero) is 1. The smallest absolute Gasteiger partial charge is 0.305 e. The molecule has 0 bridgehead atoms. The molecule has 0 fully saturated rings. The van der Waals surface area contributed by atoms with Gasteiger partial charge >= 0.3 is 5.97 Å². The Bertz CT molecular complexity index is 1270. The zero-order valence-corrected chi connectivity index (χ0v) is 35.9. The van der Waals surface area contributed by atoms with Crippen LogP contribution < -0.4 is 0 Å². The number of allylic oxidation sites excluding steroid dienone is 1. The van der Waals surface area contributed by atoms with Crippen molar-refractivity contribution in [2.24, 2.45) is 17.3 Å². The van der Waals surface area contributed by atoms with Gasteiger partial charge in [0, 0.05) is 23.7 Å². The molecule has 1 heterocycles. The fourth-order valence-corrected chi connectivity index (χ4v) is 8.46. The summed E-state index contributed by atoms with van der Waals surface area (Å²) < 4.78 is 13.8. The molecule has 0 amide bonds. The molecular weight excluding hydrogens is 647 g/mol. The SMILES string of the molecule is CC(=CC[C@H](O)C(C)=Cc1ccncc1)CCC[C@H](C)C(O[Si](C)(C)C(C)(C)C)[C@@H](C)C(=O)C(C)(C)[C@H](CC(=O)O)O[Si](C)(C)C(C)(C)C. The fourth-order valence-electron chi connectivity index (χ4n) is 5.54. The van der Waals surface area contributed by atoms with E-state index in [9.17, 15) is 19.8 Å². The fraction of sp³-hybridized carbons (Fsp3) is 0.725. The van der Waals surface area contributed by atoms with Crippen LogP contribution in [0.1, 0.15) is 121 Å². The van der Waals surface area contributed by atoms with Gasteiger partial charge in [-0.2, -0.15) is 0 Å². The van der Waals surface area contributed by atoms with Crippen molar-refractivity contribution in [1.82, 2.24) is 4.98 Å². The topological polar surface area (TPSA) is 106 Å². The molecule has 49 heavy (non-hydrogen) atoms. The van der Waals surface area contributed by atoms with Gasteiger partial charge in [0.2, 0.25) is 0 Å². The minimum atomic E-state index is -2.37. The van der Waals surface area contributed by atoms with Gasteiger partial charge < -0.3 is 19.1 Å². The van der Waals surface area contributed by atoms with Crippen LogP contribution in [0, 0.1) is 17.3 Å². The lowest BCUT2D eigenvalue weighted by Crippen LogP contribution is -2.54. The van der Waals surface area contributed by atoms with Crippen LogP contribution >= 0.6 is 0 Å². The van der Waals surface area contributed by atoms with Gasteiger partial charge in [0.1, 0.15) is 5.78 Å². The molecule has 0 spiro atoms. The molecule has 0 aliphatic heterocycles. The van der Waals surface area contributed by atoms with E-state index in [-0.39, 0.29) is 34.3 Å². The lowest BCUT2D eigenvalue weighted by Gasteiger charge is -2.46. The average molecular weight is 718 g/mol. The van der Waals surface area contributed by atoms with Crippen molar-refractivity contribution in [3.8, 4) is 0 Å². The largest absolute Gasteiger partial charge is 0.481 e. The number of carboxylic acid groups (broad SMARTS) is 1. The van der Waals surface area contributed by atoms with E-state index >= 15 is 0 Å². The van der Waals surface area contributed by atoms with Gasteiger partial charge in [0.25, 0.3) is 0 Å². The predicted octanol–water partition coefficient (Wildman–Crippen LogP) is 10.5. The van der Waals surface area contributed by atoms with Gasteiger partial charge in [0.05, 0.1) is 24.7 Å². The molecule has 1 unspecified atom stereocenters. The Labute approximate surface area is 301 Å². The van der Waals surface area contributed by atoms with Crippen LogP contribution in [0.3, 0.4) is 0 Å². The number of aliphatic hydroxyl groups excluding tert-OH is 1. The molecule has 0 saturated heterocycles. The van der Waals surface area contributed by atoms with Crippen molar-refractivity contribution in [3.05, 3.63) is 47.3 Å².